The monoisotopic (exact) mass is 337 g/mol. The summed E-state index contributed by atoms with van der Waals surface area (Å²) in [5.41, 5.74) is 0. The second kappa shape index (κ2) is 8.13. The summed E-state index contributed by atoms with van der Waals surface area (Å²) < 4.78 is 5.86. The van der Waals surface area contributed by atoms with Gasteiger partial charge in [0, 0.05) is 30.6 Å². The minimum Gasteiger partial charge on any atom is -0.373 e. The molecule has 0 saturated carbocycles. The molecule has 0 bridgehead atoms. The van der Waals surface area contributed by atoms with E-state index in [9.17, 15) is 4.79 Å². The number of morpholine rings is 1. The molecule has 0 radical (unpaired) electrons. The number of urea groups is 1. The van der Waals surface area contributed by atoms with Crippen LogP contribution >= 0.6 is 11.3 Å². The average Bonchev–Trinajstić information content (AvgIpc) is 3.21. The number of hydrogen-bond acceptors (Lipinski definition) is 4. The van der Waals surface area contributed by atoms with Gasteiger partial charge in [0.05, 0.1) is 12.7 Å². The van der Waals surface area contributed by atoms with Crippen molar-refractivity contribution in [3.05, 3.63) is 22.4 Å². The molecule has 6 heteroatoms. The number of thiophene rings is 1. The van der Waals surface area contributed by atoms with Crippen molar-refractivity contribution in [2.24, 2.45) is 5.92 Å². The Balaban J connectivity index is 1.30. The van der Waals surface area contributed by atoms with Crippen molar-refractivity contribution in [2.75, 3.05) is 32.8 Å². The van der Waals surface area contributed by atoms with Gasteiger partial charge in [-0.1, -0.05) is 13.0 Å². The van der Waals surface area contributed by atoms with Gasteiger partial charge >= 0.3 is 6.03 Å². The van der Waals surface area contributed by atoms with Crippen LogP contribution in [0.5, 0.6) is 0 Å². The quantitative estimate of drug-likeness (QED) is 0.836. The molecule has 2 aliphatic rings. The maximum atomic E-state index is 11.9. The zero-order chi connectivity index (χ0) is 16.1. The Morgan fingerprint density at radius 1 is 1.52 bits per heavy atom. The highest BCUT2D eigenvalue weighted by Crippen LogP contribution is 2.22. The third-order valence-electron chi connectivity index (χ3n) is 4.69. The highest BCUT2D eigenvalue weighted by atomic mass is 32.1. The number of amides is 2. The topological polar surface area (TPSA) is 53.6 Å². The average molecular weight is 337 g/mol. The SMILES string of the molecule is C[C@H](CNC(=O)NC[C@H]1CN2CCC[C@@H]2CO1)Cc1cccs1. The van der Waals surface area contributed by atoms with Crippen molar-refractivity contribution in [1.29, 1.82) is 0 Å². The summed E-state index contributed by atoms with van der Waals surface area (Å²) in [6.07, 6.45) is 3.66. The minimum atomic E-state index is -0.0878. The van der Waals surface area contributed by atoms with Crippen molar-refractivity contribution in [1.82, 2.24) is 15.5 Å². The van der Waals surface area contributed by atoms with Gasteiger partial charge in [-0.25, -0.2) is 4.79 Å². The van der Waals surface area contributed by atoms with Gasteiger partial charge in [-0.3, -0.25) is 4.90 Å². The molecule has 2 saturated heterocycles. The molecule has 2 fully saturated rings. The standard InChI is InChI=1S/C17H27N3O2S/c1-13(8-16-5-3-7-23-16)9-18-17(21)19-10-15-11-20-6-2-4-14(20)12-22-15/h3,5,7,13-15H,2,4,6,8-12H2,1H3,(H2,18,19,21)/t13-,14+,15-/m0/s1. The van der Waals surface area contributed by atoms with E-state index in [1.165, 1.54) is 24.3 Å². The van der Waals surface area contributed by atoms with Crippen LogP contribution < -0.4 is 10.6 Å². The first-order valence-corrected chi connectivity index (χ1v) is 9.48. The summed E-state index contributed by atoms with van der Waals surface area (Å²) >= 11 is 1.77. The lowest BCUT2D eigenvalue weighted by Gasteiger charge is -2.35. The van der Waals surface area contributed by atoms with Gasteiger partial charge in [0.1, 0.15) is 0 Å². The number of fused-ring (bicyclic) bond motifs is 1. The molecule has 2 N–H and O–H groups in total. The van der Waals surface area contributed by atoms with Crippen LogP contribution in [0.2, 0.25) is 0 Å². The lowest BCUT2D eigenvalue weighted by molar-refractivity contribution is -0.0457. The van der Waals surface area contributed by atoms with E-state index in [0.717, 1.165) is 19.6 Å². The fourth-order valence-corrected chi connectivity index (χ4v) is 4.26. The number of hydrogen-bond donors (Lipinski definition) is 2. The van der Waals surface area contributed by atoms with Crippen LogP contribution in [0, 0.1) is 5.92 Å². The van der Waals surface area contributed by atoms with Crippen LogP contribution in [0.4, 0.5) is 4.79 Å². The third-order valence-corrected chi connectivity index (χ3v) is 5.59. The Bertz CT molecular complexity index is 494. The van der Waals surface area contributed by atoms with Crippen molar-refractivity contribution in [3.63, 3.8) is 0 Å². The molecule has 1 aromatic heterocycles. The van der Waals surface area contributed by atoms with E-state index in [4.69, 9.17) is 4.74 Å². The summed E-state index contributed by atoms with van der Waals surface area (Å²) in [5, 5.41) is 8.01. The molecular weight excluding hydrogens is 310 g/mol. The highest BCUT2D eigenvalue weighted by Gasteiger charge is 2.32. The minimum absolute atomic E-state index is 0.0878. The van der Waals surface area contributed by atoms with E-state index < -0.39 is 0 Å². The predicted octanol–water partition coefficient (Wildman–Crippen LogP) is 2.09. The number of carbonyl (C=O) groups excluding carboxylic acids is 1. The molecular formula is C17H27N3O2S. The van der Waals surface area contributed by atoms with Crippen LogP contribution in [0.25, 0.3) is 0 Å². The summed E-state index contributed by atoms with van der Waals surface area (Å²) in [6.45, 7) is 6.39. The van der Waals surface area contributed by atoms with Crippen molar-refractivity contribution < 1.29 is 9.53 Å². The Labute approximate surface area is 142 Å². The fourth-order valence-electron chi connectivity index (χ4n) is 3.39. The van der Waals surface area contributed by atoms with E-state index in [2.05, 4.69) is 40.0 Å². The second-order valence-corrected chi connectivity index (χ2v) is 7.76. The largest absolute Gasteiger partial charge is 0.373 e. The zero-order valence-corrected chi connectivity index (χ0v) is 14.6. The van der Waals surface area contributed by atoms with E-state index in [1.807, 2.05) is 0 Å². The molecule has 0 aliphatic carbocycles. The second-order valence-electron chi connectivity index (χ2n) is 6.73. The van der Waals surface area contributed by atoms with Gasteiger partial charge in [0.25, 0.3) is 0 Å². The summed E-state index contributed by atoms with van der Waals surface area (Å²) in [6, 6.07) is 4.74. The van der Waals surface area contributed by atoms with Crippen molar-refractivity contribution >= 4 is 17.4 Å². The molecule has 0 aromatic carbocycles. The molecule has 23 heavy (non-hydrogen) atoms. The van der Waals surface area contributed by atoms with Gasteiger partial charge in [0.2, 0.25) is 0 Å². The maximum absolute atomic E-state index is 11.9. The fraction of sp³-hybridized carbons (Fsp3) is 0.706. The van der Waals surface area contributed by atoms with E-state index >= 15 is 0 Å². The molecule has 2 aliphatic heterocycles. The van der Waals surface area contributed by atoms with Crippen LogP contribution in [-0.4, -0.2) is 55.9 Å². The van der Waals surface area contributed by atoms with Gasteiger partial charge in [-0.15, -0.1) is 11.3 Å². The Kier molecular flexibility index (Phi) is 5.91. The van der Waals surface area contributed by atoms with E-state index in [1.54, 1.807) is 11.3 Å². The van der Waals surface area contributed by atoms with E-state index in [0.29, 0.717) is 25.0 Å². The number of ether oxygens (including phenoxy) is 1. The van der Waals surface area contributed by atoms with Crippen LogP contribution in [0.1, 0.15) is 24.6 Å². The van der Waals surface area contributed by atoms with Gasteiger partial charge in [-0.2, -0.15) is 0 Å². The zero-order valence-electron chi connectivity index (χ0n) is 13.8. The molecule has 1 aromatic rings. The number of rotatable bonds is 6. The molecule has 0 unspecified atom stereocenters. The molecule has 128 valence electrons. The summed E-state index contributed by atoms with van der Waals surface area (Å²) in [7, 11) is 0. The van der Waals surface area contributed by atoms with Gasteiger partial charge in [0.15, 0.2) is 0 Å². The Morgan fingerprint density at radius 2 is 2.43 bits per heavy atom. The molecule has 5 nitrogen and oxygen atoms in total. The summed E-state index contributed by atoms with van der Waals surface area (Å²) in [5.74, 6) is 0.440. The first kappa shape index (κ1) is 16.7. The highest BCUT2D eigenvalue weighted by molar-refractivity contribution is 7.09. The molecule has 3 heterocycles. The Hall–Kier alpha value is -1.11. The number of nitrogens with zero attached hydrogens (tertiary/aromatic N) is 1. The first-order valence-electron chi connectivity index (χ1n) is 8.60. The van der Waals surface area contributed by atoms with Crippen LogP contribution in [0.15, 0.2) is 17.5 Å². The van der Waals surface area contributed by atoms with E-state index in [-0.39, 0.29) is 12.1 Å². The lowest BCUT2D eigenvalue weighted by Crippen LogP contribution is -2.51. The van der Waals surface area contributed by atoms with Crippen molar-refractivity contribution in [3.8, 4) is 0 Å². The normalized spacial score (nSPS) is 25.8. The lowest BCUT2D eigenvalue weighted by atomic mass is 10.1. The number of nitrogens with one attached hydrogen (secondary N) is 2. The smallest absolute Gasteiger partial charge is 0.314 e. The van der Waals surface area contributed by atoms with Crippen LogP contribution in [-0.2, 0) is 11.2 Å². The molecule has 2 amide bonds. The molecule has 0 spiro atoms. The maximum Gasteiger partial charge on any atom is 0.314 e. The van der Waals surface area contributed by atoms with Crippen LogP contribution in [0.3, 0.4) is 0 Å². The van der Waals surface area contributed by atoms with Crippen molar-refractivity contribution in [2.45, 2.75) is 38.3 Å². The van der Waals surface area contributed by atoms with Gasteiger partial charge in [-0.05, 0) is 43.2 Å². The Morgan fingerprint density at radius 3 is 3.26 bits per heavy atom. The first-order chi connectivity index (χ1) is 11.2. The van der Waals surface area contributed by atoms with Gasteiger partial charge < -0.3 is 15.4 Å². The molecule has 3 atom stereocenters. The molecule has 3 rings (SSSR count). The summed E-state index contributed by atoms with van der Waals surface area (Å²) in [4.78, 5) is 15.8. The third kappa shape index (κ3) is 4.93. The predicted molar refractivity (Wildman–Crippen MR) is 92.9 cm³/mol. The number of carbonyl (C=O) groups is 1.